The SMILES string of the molecule is O=C(O)C1Cc2ncsc2C1. The van der Waals surface area contributed by atoms with E-state index < -0.39 is 5.97 Å². The maximum absolute atomic E-state index is 10.5. The quantitative estimate of drug-likeness (QED) is 0.680. The van der Waals surface area contributed by atoms with E-state index in [1.807, 2.05) is 0 Å². The average Bonchev–Trinajstić information content (AvgIpc) is 2.40. The topological polar surface area (TPSA) is 50.2 Å². The van der Waals surface area contributed by atoms with Crippen molar-refractivity contribution in [2.45, 2.75) is 12.8 Å². The molecular weight excluding hydrogens is 162 g/mol. The Hall–Kier alpha value is -0.900. The van der Waals surface area contributed by atoms with E-state index in [1.165, 1.54) is 0 Å². The number of hydrogen-bond acceptors (Lipinski definition) is 3. The summed E-state index contributed by atoms with van der Waals surface area (Å²) >= 11 is 1.56. The lowest BCUT2D eigenvalue weighted by Gasteiger charge is -1.98. The normalized spacial score (nSPS) is 21.6. The molecule has 1 heterocycles. The number of rotatable bonds is 1. The minimum absolute atomic E-state index is 0.218. The number of aromatic nitrogens is 1. The van der Waals surface area contributed by atoms with Crippen LogP contribution >= 0.6 is 11.3 Å². The lowest BCUT2D eigenvalue weighted by atomic mass is 10.1. The highest BCUT2D eigenvalue weighted by Crippen LogP contribution is 2.28. The van der Waals surface area contributed by atoms with Crippen LogP contribution in [-0.2, 0) is 17.6 Å². The van der Waals surface area contributed by atoms with Gasteiger partial charge in [0.1, 0.15) is 0 Å². The first-order valence-corrected chi connectivity index (χ1v) is 4.29. The van der Waals surface area contributed by atoms with Gasteiger partial charge in [0, 0.05) is 11.3 Å². The fourth-order valence-electron chi connectivity index (χ4n) is 1.33. The standard InChI is InChI=1S/C7H7NO2S/c9-7(10)4-1-5-6(2-4)11-3-8-5/h3-4H,1-2H2,(H,9,10). The third-order valence-corrected chi connectivity index (χ3v) is 2.84. The summed E-state index contributed by atoms with van der Waals surface area (Å²) in [5.74, 6) is -0.917. The van der Waals surface area contributed by atoms with E-state index in [-0.39, 0.29) is 5.92 Å². The molecule has 1 aromatic rings. The van der Waals surface area contributed by atoms with Crippen molar-refractivity contribution in [1.29, 1.82) is 0 Å². The predicted octanol–water partition coefficient (Wildman–Crippen LogP) is 0.943. The summed E-state index contributed by atoms with van der Waals surface area (Å²) in [6.07, 6.45) is 1.30. The number of carbonyl (C=O) groups is 1. The molecule has 1 atom stereocenters. The number of thiazole rings is 1. The first kappa shape index (κ1) is 6.79. The van der Waals surface area contributed by atoms with Crippen LogP contribution in [0.3, 0.4) is 0 Å². The van der Waals surface area contributed by atoms with Gasteiger partial charge in [0.05, 0.1) is 17.1 Å². The van der Waals surface area contributed by atoms with Gasteiger partial charge in [-0.25, -0.2) is 4.98 Å². The molecule has 0 amide bonds. The molecule has 0 aromatic carbocycles. The zero-order valence-electron chi connectivity index (χ0n) is 5.78. The molecule has 1 N–H and O–H groups in total. The second-order valence-corrected chi connectivity index (χ2v) is 3.60. The maximum Gasteiger partial charge on any atom is 0.307 e. The van der Waals surface area contributed by atoms with Gasteiger partial charge in [-0.2, -0.15) is 0 Å². The smallest absolute Gasteiger partial charge is 0.307 e. The average molecular weight is 169 g/mol. The second-order valence-electron chi connectivity index (χ2n) is 2.67. The molecule has 3 nitrogen and oxygen atoms in total. The summed E-state index contributed by atoms with van der Waals surface area (Å²) in [5, 5.41) is 8.68. The number of fused-ring (bicyclic) bond motifs is 1. The first-order chi connectivity index (χ1) is 5.27. The van der Waals surface area contributed by atoms with E-state index in [2.05, 4.69) is 4.98 Å². The van der Waals surface area contributed by atoms with Crippen LogP contribution in [0.5, 0.6) is 0 Å². The van der Waals surface area contributed by atoms with E-state index in [4.69, 9.17) is 5.11 Å². The Morgan fingerprint density at radius 3 is 3.18 bits per heavy atom. The van der Waals surface area contributed by atoms with Crippen molar-refractivity contribution in [3.8, 4) is 0 Å². The summed E-state index contributed by atoms with van der Waals surface area (Å²) in [6, 6.07) is 0. The minimum atomic E-state index is -0.699. The number of carboxylic acids is 1. The van der Waals surface area contributed by atoms with Crippen molar-refractivity contribution in [3.05, 3.63) is 16.1 Å². The number of nitrogens with zero attached hydrogens (tertiary/aromatic N) is 1. The number of aliphatic carboxylic acids is 1. The molecule has 2 rings (SSSR count). The monoisotopic (exact) mass is 169 g/mol. The zero-order chi connectivity index (χ0) is 7.84. The summed E-state index contributed by atoms with van der Waals surface area (Å²) in [7, 11) is 0. The Morgan fingerprint density at radius 1 is 1.73 bits per heavy atom. The lowest BCUT2D eigenvalue weighted by molar-refractivity contribution is -0.141. The molecule has 0 spiro atoms. The molecule has 4 heteroatoms. The number of carboxylic acid groups (broad SMARTS) is 1. The Kier molecular flexibility index (Phi) is 1.42. The van der Waals surface area contributed by atoms with Crippen molar-refractivity contribution < 1.29 is 9.90 Å². The number of hydrogen-bond donors (Lipinski definition) is 1. The molecular formula is C7H7NO2S. The Balaban J connectivity index is 2.22. The van der Waals surface area contributed by atoms with Crippen molar-refractivity contribution in [1.82, 2.24) is 4.98 Å². The van der Waals surface area contributed by atoms with Crippen LogP contribution in [0.4, 0.5) is 0 Å². The molecule has 1 aromatic heterocycles. The van der Waals surface area contributed by atoms with Crippen molar-refractivity contribution in [3.63, 3.8) is 0 Å². The van der Waals surface area contributed by atoms with Gasteiger partial charge >= 0.3 is 5.97 Å². The van der Waals surface area contributed by atoms with Gasteiger partial charge in [-0.1, -0.05) is 0 Å². The fraction of sp³-hybridized carbons (Fsp3) is 0.429. The minimum Gasteiger partial charge on any atom is -0.481 e. The summed E-state index contributed by atoms with van der Waals surface area (Å²) in [6.45, 7) is 0. The summed E-state index contributed by atoms with van der Waals surface area (Å²) in [5.41, 5.74) is 2.77. The second kappa shape index (κ2) is 2.30. The highest BCUT2D eigenvalue weighted by molar-refractivity contribution is 7.09. The molecule has 0 saturated heterocycles. The van der Waals surface area contributed by atoms with E-state index in [9.17, 15) is 4.79 Å². The highest BCUT2D eigenvalue weighted by Gasteiger charge is 2.28. The predicted molar refractivity (Wildman–Crippen MR) is 40.6 cm³/mol. The van der Waals surface area contributed by atoms with Crippen molar-refractivity contribution in [2.75, 3.05) is 0 Å². The van der Waals surface area contributed by atoms with Crippen LogP contribution in [-0.4, -0.2) is 16.1 Å². The van der Waals surface area contributed by atoms with Gasteiger partial charge in [0.15, 0.2) is 0 Å². The Labute approximate surface area is 67.7 Å². The lowest BCUT2D eigenvalue weighted by Crippen LogP contribution is -2.13. The fourth-order valence-corrected chi connectivity index (χ4v) is 2.21. The molecule has 1 unspecified atom stereocenters. The third-order valence-electron chi connectivity index (χ3n) is 1.95. The third kappa shape index (κ3) is 1.03. The Bertz CT molecular complexity index is 274. The van der Waals surface area contributed by atoms with E-state index >= 15 is 0 Å². The van der Waals surface area contributed by atoms with Gasteiger partial charge in [-0.15, -0.1) is 11.3 Å². The van der Waals surface area contributed by atoms with E-state index in [0.717, 1.165) is 10.6 Å². The van der Waals surface area contributed by atoms with Crippen LogP contribution in [0.1, 0.15) is 10.6 Å². The Morgan fingerprint density at radius 2 is 2.55 bits per heavy atom. The van der Waals surface area contributed by atoms with Crippen LogP contribution in [0, 0.1) is 5.92 Å². The van der Waals surface area contributed by atoms with Gasteiger partial charge < -0.3 is 5.11 Å². The van der Waals surface area contributed by atoms with Crippen LogP contribution in [0.25, 0.3) is 0 Å². The van der Waals surface area contributed by atoms with Gasteiger partial charge in [0.25, 0.3) is 0 Å². The van der Waals surface area contributed by atoms with Crippen molar-refractivity contribution in [2.24, 2.45) is 5.92 Å². The molecule has 58 valence electrons. The molecule has 0 bridgehead atoms. The van der Waals surface area contributed by atoms with Crippen LogP contribution in [0.15, 0.2) is 5.51 Å². The first-order valence-electron chi connectivity index (χ1n) is 3.41. The molecule has 0 radical (unpaired) electrons. The summed E-state index contributed by atoms with van der Waals surface area (Å²) < 4.78 is 0. The van der Waals surface area contributed by atoms with Crippen LogP contribution < -0.4 is 0 Å². The molecule has 11 heavy (non-hydrogen) atoms. The largest absolute Gasteiger partial charge is 0.481 e. The van der Waals surface area contributed by atoms with Gasteiger partial charge in [0.2, 0.25) is 0 Å². The van der Waals surface area contributed by atoms with Gasteiger partial charge in [-0.3, -0.25) is 4.79 Å². The summed E-state index contributed by atoms with van der Waals surface area (Å²) in [4.78, 5) is 15.8. The molecule has 0 fully saturated rings. The zero-order valence-corrected chi connectivity index (χ0v) is 6.60. The molecule has 0 saturated carbocycles. The van der Waals surface area contributed by atoms with E-state index in [1.54, 1.807) is 16.8 Å². The molecule has 1 aliphatic rings. The molecule has 1 aliphatic carbocycles. The molecule has 0 aliphatic heterocycles. The van der Waals surface area contributed by atoms with Gasteiger partial charge in [-0.05, 0) is 6.42 Å². The van der Waals surface area contributed by atoms with Crippen molar-refractivity contribution >= 4 is 17.3 Å². The van der Waals surface area contributed by atoms with Crippen LogP contribution in [0.2, 0.25) is 0 Å². The maximum atomic E-state index is 10.5. The highest BCUT2D eigenvalue weighted by atomic mass is 32.1. The van der Waals surface area contributed by atoms with E-state index in [0.29, 0.717) is 12.8 Å².